The van der Waals surface area contributed by atoms with Crippen molar-refractivity contribution >= 4 is 21.8 Å². The average molecular weight is 471 g/mol. The minimum Gasteiger partial charge on any atom is -0.508 e. The largest absolute Gasteiger partial charge is 0.508 e. The zero-order valence-electron chi connectivity index (χ0n) is 18.3. The summed E-state index contributed by atoms with van der Waals surface area (Å²) in [5.41, 5.74) is 2.14. The predicted octanol–water partition coefficient (Wildman–Crippen LogP) is 2.24. The summed E-state index contributed by atoms with van der Waals surface area (Å²) in [5, 5.41) is 9.31. The zero-order chi connectivity index (χ0) is 23.0. The fourth-order valence-electron chi connectivity index (χ4n) is 4.39. The molecule has 2 aliphatic heterocycles. The minimum absolute atomic E-state index is 0.126. The van der Waals surface area contributed by atoms with Gasteiger partial charge in [0.25, 0.3) is 0 Å². The van der Waals surface area contributed by atoms with Crippen LogP contribution in [-0.4, -0.2) is 68.7 Å². The molecule has 1 aromatic carbocycles. The Morgan fingerprint density at radius 2 is 2.00 bits per heavy atom. The monoisotopic (exact) mass is 470 g/mol. The fraction of sp³-hybridized carbons (Fsp3) is 0.391. The van der Waals surface area contributed by atoms with E-state index in [4.69, 9.17) is 19.4 Å². The Hall–Kier alpha value is -3.11. The Morgan fingerprint density at radius 1 is 1.18 bits per heavy atom. The SMILES string of the molecule is COC1=CC(S(=O)(=O)N2CCc3c(-c4cccc(O)c4)nc(N4CCOCC4)nc32)CC=C1. The molecule has 0 amide bonds. The molecule has 0 bridgehead atoms. The lowest BCUT2D eigenvalue weighted by Gasteiger charge is -2.29. The van der Waals surface area contributed by atoms with E-state index in [9.17, 15) is 13.5 Å². The highest BCUT2D eigenvalue weighted by Gasteiger charge is 2.39. The van der Waals surface area contributed by atoms with Gasteiger partial charge in [0.05, 0.1) is 26.0 Å². The van der Waals surface area contributed by atoms with E-state index in [1.165, 1.54) is 11.4 Å². The van der Waals surface area contributed by atoms with Crippen LogP contribution in [0.25, 0.3) is 11.3 Å². The molecule has 1 atom stereocenters. The summed E-state index contributed by atoms with van der Waals surface area (Å²) in [4.78, 5) is 11.6. The van der Waals surface area contributed by atoms with Crippen molar-refractivity contribution in [3.63, 3.8) is 0 Å². The average Bonchev–Trinajstić information content (AvgIpc) is 3.29. The lowest BCUT2D eigenvalue weighted by atomic mass is 10.1. The first-order valence-electron chi connectivity index (χ1n) is 10.9. The van der Waals surface area contributed by atoms with Gasteiger partial charge in [-0.05, 0) is 37.1 Å². The first-order valence-corrected chi connectivity index (χ1v) is 12.4. The smallest absolute Gasteiger partial charge is 0.243 e. The number of fused-ring (bicyclic) bond motifs is 1. The van der Waals surface area contributed by atoms with Gasteiger partial charge in [-0.25, -0.2) is 13.4 Å². The van der Waals surface area contributed by atoms with Gasteiger partial charge in [0.15, 0.2) is 5.82 Å². The number of hydrogen-bond donors (Lipinski definition) is 1. The van der Waals surface area contributed by atoms with Crippen LogP contribution in [-0.2, 0) is 25.9 Å². The molecule has 1 aliphatic carbocycles. The second kappa shape index (κ2) is 8.68. The van der Waals surface area contributed by atoms with Crippen LogP contribution in [0.15, 0.2) is 48.3 Å². The Balaban J connectivity index is 1.61. The number of benzene rings is 1. The molecule has 9 nitrogen and oxygen atoms in total. The van der Waals surface area contributed by atoms with E-state index < -0.39 is 15.3 Å². The lowest BCUT2D eigenvalue weighted by Crippen LogP contribution is -2.39. The van der Waals surface area contributed by atoms with Crippen LogP contribution in [0.1, 0.15) is 12.0 Å². The number of nitrogens with zero attached hydrogens (tertiary/aromatic N) is 4. The molecule has 1 N–H and O–H groups in total. The van der Waals surface area contributed by atoms with E-state index in [2.05, 4.69) is 0 Å². The molecule has 1 unspecified atom stereocenters. The zero-order valence-corrected chi connectivity index (χ0v) is 19.2. The number of phenols is 1. The molecule has 33 heavy (non-hydrogen) atoms. The predicted molar refractivity (Wildman–Crippen MR) is 125 cm³/mol. The number of methoxy groups -OCH3 is 1. The van der Waals surface area contributed by atoms with Gasteiger partial charge in [0, 0.05) is 30.8 Å². The highest BCUT2D eigenvalue weighted by Crippen LogP contribution is 2.39. The van der Waals surface area contributed by atoms with Crippen molar-refractivity contribution in [1.82, 2.24) is 9.97 Å². The Morgan fingerprint density at radius 3 is 2.76 bits per heavy atom. The molecule has 3 aliphatic rings. The molecule has 1 saturated heterocycles. The second-order valence-corrected chi connectivity index (χ2v) is 10.2. The number of phenolic OH excluding ortho intramolecular Hbond substituents is 1. The van der Waals surface area contributed by atoms with Crippen LogP contribution in [0, 0.1) is 0 Å². The molecule has 3 heterocycles. The fourth-order valence-corrected chi connectivity index (χ4v) is 6.12. The normalized spacial score (nSPS) is 20.5. The Bertz CT molecular complexity index is 1220. The Labute approximate surface area is 193 Å². The van der Waals surface area contributed by atoms with Crippen LogP contribution >= 0.6 is 0 Å². The van der Waals surface area contributed by atoms with E-state index in [1.54, 1.807) is 30.4 Å². The number of hydrogen-bond acceptors (Lipinski definition) is 8. The van der Waals surface area contributed by atoms with E-state index in [0.29, 0.717) is 68.9 Å². The number of sulfonamides is 1. The van der Waals surface area contributed by atoms with Gasteiger partial charge in [-0.3, -0.25) is 4.31 Å². The third-order valence-electron chi connectivity index (χ3n) is 6.11. The number of anilines is 2. The molecule has 5 rings (SSSR count). The number of aromatic nitrogens is 2. The van der Waals surface area contributed by atoms with Crippen molar-refractivity contribution in [3.05, 3.63) is 53.8 Å². The standard InChI is InChI=1S/C23H26N4O5S/c1-31-18-6-3-7-19(15-18)33(29,30)27-9-8-20-21(16-4-2-5-17(28)14-16)24-23(25-22(20)27)26-10-12-32-13-11-26/h2-6,14-15,19,28H,7-13H2,1H3. The third kappa shape index (κ3) is 4.04. The number of morpholine rings is 1. The van der Waals surface area contributed by atoms with E-state index in [1.807, 2.05) is 17.0 Å². The Kier molecular flexibility index (Phi) is 5.71. The lowest BCUT2D eigenvalue weighted by molar-refractivity contribution is 0.122. The van der Waals surface area contributed by atoms with Crippen LogP contribution < -0.4 is 9.21 Å². The maximum atomic E-state index is 13.7. The molecule has 1 aromatic heterocycles. The highest BCUT2D eigenvalue weighted by molar-refractivity contribution is 7.93. The van der Waals surface area contributed by atoms with Crippen molar-refractivity contribution in [2.45, 2.75) is 18.1 Å². The van der Waals surface area contributed by atoms with Gasteiger partial charge in [0.2, 0.25) is 16.0 Å². The second-order valence-electron chi connectivity index (χ2n) is 8.14. The van der Waals surface area contributed by atoms with Crippen LogP contribution in [0.3, 0.4) is 0 Å². The molecule has 0 spiro atoms. The molecule has 174 valence electrons. The molecule has 1 fully saturated rings. The van der Waals surface area contributed by atoms with E-state index >= 15 is 0 Å². The maximum absolute atomic E-state index is 13.7. The maximum Gasteiger partial charge on any atom is 0.243 e. The van der Waals surface area contributed by atoms with Gasteiger partial charge in [-0.2, -0.15) is 4.98 Å². The van der Waals surface area contributed by atoms with E-state index in [-0.39, 0.29) is 5.75 Å². The summed E-state index contributed by atoms with van der Waals surface area (Å²) in [7, 11) is -2.20. The number of allylic oxidation sites excluding steroid dienone is 2. The molecule has 2 aromatic rings. The van der Waals surface area contributed by atoms with Crippen molar-refractivity contribution in [3.8, 4) is 17.0 Å². The number of ether oxygens (including phenoxy) is 2. The number of rotatable bonds is 5. The summed E-state index contributed by atoms with van der Waals surface area (Å²) in [5.74, 6) is 1.54. The van der Waals surface area contributed by atoms with Gasteiger partial charge in [-0.1, -0.05) is 18.2 Å². The molecule has 0 saturated carbocycles. The van der Waals surface area contributed by atoms with Crippen LogP contribution in [0.4, 0.5) is 11.8 Å². The van der Waals surface area contributed by atoms with Gasteiger partial charge in [-0.15, -0.1) is 0 Å². The first-order chi connectivity index (χ1) is 16.0. The van der Waals surface area contributed by atoms with Crippen molar-refractivity contribution in [1.29, 1.82) is 0 Å². The summed E-state index contributed by atoms with van der Waals surface area (Å²) in [6.45, 7) is 2.66. The van der Waals surface area contributed by atoms with E-state index in [0.717, 1.165) is 11.1 Å². The van der Waals surface area contributed by atoms with Crippen LogP contribution in [0.2, 0.25) is 0 Å². The summed E-state index contributed by atoms with van der Waals surface area (Å²) < 4.78 is 39.4. The van der Waals surface area contributed by atoms with Crippen molar-refractivity contribution in [2.75, 3.05) is 49.2 Å². The summed E-state index contributed by atoms with van der Waals surface area (Å²) in [6.07, 6.45) is 6.11. The molecule has 0 radical (unpaired) electrons. The number of aromatic hydroxyl groups is 1. The van der Waals surface area contributed by atoms with Gasteiger partial charge < -0.3 is 19.5 Å². The minimum atomic E-state index is -3.73. The highest BCUT2D eigenvalue weighted by atomic mass is 32.2. The van der Waals surface area contributed by atoms with Crippen molar-refractivity contribution in [2.24, 2.45) is 0 Å². The van der Waals surface area contributed by atoms with Crippen LogP contribution in [0.5, 0.6) is 5.75 Å². The summed E-state index contributed by atoms with van der Waals surface area (Å²) in [6, 6.07) is 6.86. The van der Waals surface area contributed by atoms with Gasteiger partial charge >= 0.3 is 0 Å². The molecular weight excluding hydrogens is 444 g/mol. The molecular formula is C23H26N4O5S. The summed E-state index contributed by atoms with van der Waals surface area (Å²) >= 11 is 0. The van der Waals surface area contributed by atoms with Gasteiger partial charge in [0.1, 0.15) is 16.8 Å². The topological polar surface area (TPSA) is 105 Å². The quantitative estimate of drug-likeness (QED) is 0.709. The van der Waals surface area contributed by atoms with Crippen molar-refractivity contribution < 1.29 is 23.0 Å². The molecule has 10 heteroatoms. The third-order valence-corrected chi connectivity index (χ3v) is 8.18. The first kappa shape index (κ1) is 21.7.